The van der Waals surface area contributed by atoms with Crippen molar-refractivity contribution in [3.8, 4) is 11.5 Å². The normalized spacial score (nSPS) is 20.8. The molecule has 2 atom stereocenters. The molecule has 0 aliphatic carbocycles. The number of benzene rings is 1. The van der Waals surface area contributed by atoms with Gasteiger partial charge < -0.3 is 14.8 Å². The molecule has 112 valence electrons. The molecule has 2 heterocycles. The van der Waals surface area contributed by atoms with Gasteiger partial charge in [-0.05, 0) is 51.0 Å². The number of hydrogen-bond donors (Lipinski definition) is 1. The lowest BCUT2D eigenvalue weighted by molar-refractivity contribution is 0.156. The fourth-order valence-electron chi connectivity index (χ4n) is 2.54. The van der Waals surface area contributed by atoms with E-state index in [1.807, 2.05) is 19.2 Å². The predicted octanol–water partition coefficient (Wildman–Crippen LogP) is 5.07. The molecule has 1 N–H and O–H groups in total. The van der Waals surface area contributed by atoms with Crippen molar-refractivity contribution in [3.63, 3.8) is 0 Å². The molecule has 0 saturated heterocycles. The quantitative estimate of drug-likeness (QED) is 0.734. The molecule has 0 fully saturated rings. The zero-order chi connectivity index (χ0) is 15.0. The number of fused-ring (bicyclic) bond motifs is 1. The van der Waals surface area contributed by atoms with Crippen LogP contribution in [0.15, 0.2) is 32.5 Å². The molecule has 1 aromatic heterocycles. The van der Waals surface area contributed by atoms with Crippen LogP contribution >= 0.6 is 43.2 Å². The van der Waals surface area contributed by atoms with Crippen molar-refractivity contribution in [2.75, 3.05) is 14.2 Å². The van der Waals surface area contributed by atoms with Crippen LogP contribution in [0.4, 0.5) is 0 Å². The number of hydrogen-bond acceptors (Lipinski definition) is 4. The molecule has 6 heteroatoms. The van der Waals surface area contributed by atoms with Gasteiger partial charge in [0.2, 0.25) is 0 Å². The Balaban J connectivity index is 1.96. The summed E-state index contributed by atoms with van der Waals surface area (Å²) < 4.78 is 13.7. The van der Waals surface area contributed by atoms with Crippen molar-refractivity contribution in [2.45, 2.75) is 18.6 Å². The van der Waals surface area contributed by atoms with Gasteiger partial charge in [0.05, 0.1) is 10.9 Å². The van der Waals surface area contributed by atoms with Gasteiger partial charge in [-0.1, -0.05) is 6.07 Å². The lowest BCUT2D eigenvalue weighted by Crippen LogP contribution is -2.26. The molecular weight excluding hydrogens is 418 g/mol. The van der Waals surface area contributed by atoms with E-state index in [0.717, 1.165) is 26.2 Å². The summed E-state index contributed by atoms with van der Waals surface area (Å²) in [6.07, 6.45) is 0.963. The van der Waals surface area contributed by atoms with E-state index in [-0.39, 0.29) is 12.1 Å². The zero-order valence-corrected chi connectivity index (χ0v) is 15.6. The van der Waals surface area contributed by atoms with Crippen LogP contribution < -0.4 is 14.8 Å². The second-order valence-corrected chi connectivity index (χ2v) is 8.11. The summed E-state index contributed by atoms with van der Waals surface area (Å²) in [7, 11) is 3.66. The molecule has 2 unspecified atom stereocenters. The Morgan fingerprint density at radius 1 is 1.33 bits per heavy atom. The number of nitrogens with one attached hydrogen (secondary N) is 1. The predicted molar refractivity (Wildman–Crippen MR) is 92.5 cm³/mol. The van der Waals surface area contributed by atoms with E-state index in [0.29, 0.717) is 0 Å². The molecule has 0 spiro atoms. The van der Waals surface area contributed by atoms with Crippen LogP contribution in [0.25, 0.3) is 0 Å². The van der Waals surface area contributed by atoms with Crippen LogP contribution in [0.2, 0.25) is 0 Å². The van der Waals surface area contributed by atoms with Crippen molar-refractivity contribution in [3.05, 3.63) is 43.0 Å². The molecule has 1 aliphatic heterocycles. The van der Waals surface area contributed by atoms with E-state index >= 15 is 0 Å². The van der Waals surface area contributed by atoms with Crippen LogP contribution in [0.3, 0.4) is 0 Å². The number of ether oxygens (including phenoxy) is 2. The largest absolute Gasteiger partial charge is 0.497 e. The lowest BCUT2D eigenvalue weighted by atomic mass is 9.96. The highest BCUT2D eigenvalue weighted by atomic mass is 79.9. The maximum absolute atomic E-state index is 6.21. The van der Waals surface area contributed by atoms with Gasteiger partial charge in [-0.25, -0.2) is 0 Å². The molecule has 0 bridgehead atoms. The summed E-state index contributed by atoms with van der Waals surface area (Å²) in [5.41, 5.74) is 1.18. The molecule has 3 rings (SSSR count). The monoisotopic (exact) mass is 431 g/mol. The maximum Gasteiger partial charge on any atom is 0.135 e. The van der Waals surface area contributed by atoms with Crippen molar-refractivity contribution in [2.24, 2.45) is 0 Å². The van der Waals surface area contributed by atoms with E-state index < -0.39 is 0 Å². The maximum atomic E-state index is 6.21. The van der Waals surface area contributed by atoms with Crippen molar-refractivity contribution in [1.82, 2.24) is 5.32 Å². The van der Waals surface area contributed by atoms with Crippen LogP contribution in [0, 0.1) is 0 Å². The molecule has 1 aliphatic rings. The van der Waals surface area contributed by atoms with Gasteiger partial charge in [-0.15, -0.1) is 11.3 Å². The van der Waals surface area contributed by atoms with Crippen molar-refractivity contribution in [1.29, 1.82) is 0 Å². The second kappa shape index (κ2) is 6.28. The fraction of sp³-hybridized carbons (Fsp3) is 0.333. The van der Waals surface area contributed by atoms with Crippen LogP contribution in [-0.4, -0.2) is 14.2 Å². The van der Waals surface area contributed by atoms with E-state index in [1.165, 1.54) is 10.4 Å². The number of rotatable bonds is 3. The van der Waals surface area contributed by atoms with Gasteiger partial charge in [0.1, 0.15) is 17.6 Å². The lowest BCUT2D eigenvalue weighted by Gasteiger charge is -2.31. The second-order valence-electron chi connectivity index (χ2n) is 4.86. The summed E-state index contributed by atoms with van der Waals surface area (Å²) >= 11 is 8.80. The Labute approximate surface area is 144 Å². The molecule has 2 aromatic rings. The number of methoxy groups -OCH3 is 1. The molecule has 0 saturated carbocycles. The summed E-state index contributed by atoms with van der Waals surface area (Å²) in [6.45, 7) is 0. The summed E-state index contributed by atoms with van der Waals surface area (Å²) in [6, 6.07) is 8.42. The highest BCUT2D eigenvalue weighted by Gasteiger charge is 2.30. The first-order chi connectivity index (χ1) is 10.1. The molecule has 0 amide bonds. The minimum absolute atomic E-state index is 0.0506. The zero-order valence-electron chi connectivity index (χ0n) is 11.7. The van der Waals surface area contributed by atoms with Crippen molar-refractivity contribution >= 4 is 43.2 Å². The number of halogens is 2. The first kappa shape index (κ1) is 15.3. The Morgan fingerprint density at radius 2 is 2.14 bits per heavy atom. The minimum atomic E-state index is 0.0506. The number of thiophene rings is 1. The highest BCUT2D eigenvalue weighted by molar-refractivity contribution is 9.13. The molecule has 21 heavy (non-hydrogen) atoms. The van der Waals surface area contributed by atoms with Crippen molar-refractivity contribution < 1.29 is 9.47 Å². The molecular formula is C15H15Br2NO2S. The van der Waals surface area contributed by atoms with E-state index in [2.05, 4.69) is 49.3 Å². The van der Waals surface area contributed by atoms with E-state index in [4.69, 9.17) is 9.47 Å². The van der Waals surface area contributed by atoms with Gasteiger partial charge in [0, 0.05) is 33.4 Å². The first-order valence-electron chi connectivity index (χ1n) is 6.59. The highest BCUT2D eigenvalue weighted by Crippen LogP contribution is 2.45. The average molecular weight is 433 g/mol. The van der Waals surface area contributed by atoms with Crippen LogP contribution in [0.1, 0.15) is 29.0 Å². The molecule has 0 radical (unpaired) electrons. The third-order valence-corrected chi connectivity index (χ3v) is 6.99. The molecule has 1 aromatic carbocycles. The average Bonchev–Trinajstić information content (AvgIpc) is 2.85. The van der Waals surface area contributed by atoms with Gasteiger partial charge in [-0.2, -0.15) is 0 Å². The van der Waals surface area contributed by atoms with Gasteiger partial charge >= 0.3 is 0 Å². The Morgan fingerprint density at radius 3 is 2.76 bits per heavy atom. The summed E-state index contributed by atoms with van der Waals surface area (Å²) in [5, 5.41) is 3.38. The van der Waals surface area contributed by atoms with E-state index in [9.17, 15) is 0 Å². The topological polar surface area (TPSA) is 30.5 Å². The third kappa shape index (κ3) is 2.99. The van der Waals surface area contributed by atoms with Gasteiger partial charge in [0.15, 0.2) is 0 Å². The van der Waals surface area contributed by atoms with Crippen LogP contribution in [0.5, 0.6) is 11.5 Å². The Kier molecular flexibility index (Phi) is 4.59. The smallest absolute Gasteiger partial charge is 0.135 e. The van der Waals surface area contributed by atoms with Gasteiger partial charge in [-0.3, -0.25) is 0 Å². The fourth-order valence-corrected chi connectivity index (χ4v) is 4.68. The van der Waals surface area contributed by atoms with Crippen LogP contribution in [-0.2, 0) is 0 Å². The molecule has 3 nitrogen and oxygen atoms in total. The SMILES string of the molecule is CNC1CC(c2cc(Br)c(Br)s2)Oc2cc(OC)ccc21. The summed E-state index contributed by atoms with van der Waals surface area (Å²) in [4.78, 5) is 1.21. The first-order valence-corrected chi connectivity index (χ1v) is 8.99. The Hall–Kier alpha value is -0.560. The standard InChI is InChI=1S/C15H15Br2NO2S/c1-18-11-7-13(14-6-10(16)15(17)21-14)20-12-5-8(19-2)3-4-9(11)12/h3-6,11,13,18H,7H2,1-2H3. The van der Waals surface area contributed by atoms with Gasteiger partial charge in [0.25, 0.3) is 0 Å². The summed E-state index contributed by atoms with van der Waals surface area (Å²) in [5.74, 6) is 1.71. The minimum Gasteiger partial charge on any atom is -0.497 e. The van der Waals surface area contributed by atoms with E-state index in [1.54, 1.807) is 18.4 Å². The third-order valence-electron chi connectivity index (χ3n) is 3.65. The Bertz CT molecular complexity index is 640.